The molecule has 0 aromatic carbocycles. The second kappa shape index (κ2) is 6.89. The summed E-state index contributed by atoms with van der Waals surface area (Å²) in [7, 11) is 0. The molecule has 1 unspecified atom stereocenters. The standard InChI is InChI=1S/C13H25NO2/c1-10(12-6-4-3-5-7-12)8-13(16)14-9-11(2)15/h10-12,15H,3-9H2,1-2H3,(H,14,16)/t10?,11-/m0/s1. The first kappa shape index (κ1) is 13.5. The molecule has 3 heteroatoms. The first-order valence-electron chi connectivity index (χ1n) is 6.54. The molecule has 1 saturated carbocycles. The van der Waals surface area contributed by atoms with Gasteiger partial charge in [0.1, 0.15) is 0 Å². The Morgan fingerprint density at radius 1 is 1.31 bits per heavy atom. The van der Waals surface area contributed by atoms with Crippen molar-refractivity contribution < 1.29 is 9.90 Å². The van der Waals surface area contributed by atoms with Crippen molar-refractivity contribution in [3.05, 3.63) is 0 Å². The highest BCUT2D eigenvalue weighted by Gasteiger charge is 2.21. The molecule has 2 N–H and O–H groups in total. The van der Waals surface area contributed by atoms with Crippen LogP contribution >= 0.6 is 0 Å². The van der Waals surface area contributed by atoms with Crippen molar-refractivity contribution in [2.24, 2.45) is 11.8 Å². The zero-order valence-corrected chi connectivity index (χ0v) is 10.5. The molecule has 0 aromatic rings. The summed E-state index contributed by atoms with van der Waals surface area (Å²) in [5.41, 5.74) is 0. The summed E-state index contributed by atoms with van der Waals surface area (Å²) >= 11 is 0. The number of nitrogens with one attached hydrogen (secondary N) is 1. The van der Waals surface area contributed by atoms with Crippen LogP contribution in [0.3, 0.4) is 0 Å². The Bertz CT molecular complexity index is 210. The van der Waals surface area contributed by atoms with Crippen molar-refractivity contribution >= 4 is 5.91 Å². The third kappa shape index (κ3) is 4.97. The number of aliphatic hydroxyl groups excluding tert-OH is 1. The normalized spacial score (nSPS) is 21.4. The molecule has 0 radical (unpaired) electrons. The van der Waals surface area contributed by atoms with Crippen LogP contribution in [0.15, 0.2) is 0 Å². The van der Waals surface area contributed by atoms with E-state index in [0.29, 0.717) is 18.9 Å². The van der Waals surface area contributed by atoms with E-state index in [4.69, 9.17) is 5.11 Å². The maximum absolute atomic E-state index is 11.6. The number of carbonyl (C=O) groups is 1. The maximum atomic E-state index is 11.6. The summed E-state index contributed by atoms with van der Waals surface area (Å²) in [5, 5.41) is 11.8. The van der Waals surface area contributed by atoms with Crippen molar-refractivity contribution in [2.45, 2.75) is 58.5 Å². The fourth-order valence-electron chi connectivity index (χ4n) is 2.50. The van der Waals surface area contributed by atoms with Crippen molar-refractivity contribution in [1.82, 2.24) is 5.32 Å². The van der Waals surface area contributed by atoms with Crippen molar-refractivity contribution in [1.29, 1.82) is 0 Å². The molecule has 1 aliphatic rings. The molecule has 3 nitrogen and oxygen atoms in total. The number of carbonyl (C=O) groups excluding carboxylic acids is 1. The lowest BCUT2D eigenvalue weighted by Gasteiger charge is -2.27. The van der Waals surface area contributed by atoms with Crippen LogP contribution in [0, 0.1) is 11.8 Å². The zero-order valence-electron chi connectivity index (χ0n) is 10.5. The highest BCUT2D eigenvalue weighted by molar-refractivity contribution is 5.76. The Morgan fingerprint density at radius 2 is 1.94 bits per heavy atom. The highest BCUT2D eigenvalue weighted by atomic mass is 16.3. The van der Waals surface area contributed by atoms with Gasteiger partial charge >= 0.3 is 0 Å². The van der Waals surface area contributed by atoms with E-state index in [9.17, 15) is 4.79 Å². The number of hydrogen-bond acceptors (Lipinski definition) is 2. The fraction of sp³-hybridized carbons (Fsp3) is 0.923. The minimum atomic E-state index is -0.450. The van der Waals surface area contributed by atoms with E-state index in [2.05, 4.69) is 12.2 Å². The van der Waals surface area contributed by atoms with E-state index in [1.54, 1.807) is 6.92 Å². The molecule has 0 spiro atoms. The van der Waals surface area contributed by atoms with E-state index >= 15 is 0 Å². The summed E-state index contributed by atoms with van der Waals surface area (Å²) in [6, 6.07) is 0. The lowest BCUT2D eigenvalue weighted by atomic mass is 9.79. The fourth-order valence-corrected chi connectivity index (χ4v) is 2.50. The Labute approximate surface area is 98.6 Å². The van der Waals surface area contributed by atoms with Gasteiger partial charge in [-0.2, -0.15) is 0 Å². The summed E-state index contributed by atoms with van der Waals surface area (Å²) in [6.07, 6.45) is 6.73. The SMILES string of the molecule is CC(CC(=O)NC[C@H](C)O)C1CCCCC1. The van der Waals surface area contributed by atoms with Gasteiger partial charge in [0.15, 0.2) is 0 Å². The molecule has 1 amide bonds. The van der Waals surface area contributed by atoms with Gasteiger partial charge in [0.05, 0.1) is 6.10 Å². The van der Waals surface area contributed by atoms with Crippen LogP contribution in [-0.2, 0) is 4.79 Å². The van der Waals surface area contributed by atoms with E-state index in [-0.39, 0.29) is 5.91 Å². The van der Waals surface area contributed by atoms with Gasteiger partial charge in [-0.3, -0.25) is 4.79 Å². The van der Waals surface area contributed by atoms with E-state index in [1.807, 2.05) is 0 Å². The van der Waals surface area contributed by atoms with E-state index in [1.165, 1.54) is 32.1 Å². The highest BCUT2D eigenvalue weighted by Crippen LogP contribution is 2.31. The van der Waals surface area contributed by atoms with Gasteiger partial charge in [0, 0.05) is 13.0 Å². The quantitative estimate of drug-likeness (QED) is 0.755. The van der Waals surface area contributed by atoms with Gasteiger partial charge in [0.25, 0.3) is 0 Å². The molecule has 0 aliphatic heterocycles. The van der Waals surface area contributed by atoms with E-state index < -0.39 is 6.10 Å². The van der Waals surface area contributed by atoms with Crippen molar-refractivity contribution in [2.75, 3.05) is 6.54 Å². The van der Waals surface area contributed by atoms with Crippen LogP contribution in [0.5, 0.6) is 0 Å². The van der Waals surface area contributed by atoms with Gasteiger partial charge < -0.3 is 10.4 Å². The molecular formula is C13H25NO2. The van der Waals surface area contributed by atoms with Gasteiger partial charge in [-0.25, -0.2) is 0 Å². The van der Waals surface area contributed by atoms with Crippen LogP contribution in [-0.4, -0.2) is 23.7 Å². The zero-order chi connectivity index (χ0) is 12.0. The topological polar surface area (TPSA) is 49.3 Å². The minimum Gasteiger partial charge on any atom is -0.392 e. The van der Waals surface area contributed by atoms with Crippen LogP contribution in [0.2, 0.25) is 0 Å². The Kier molecular flexibility index (Phi) is 5.81. The first-order valence-corrected chi connectivity index (χ1v) is 6.54. The van der Waals surface area contributed by atoms with Gasteiger partial charge in [-0.15, -0.1) is 0 Å². The summed E-state index contributed by atoms with van der Waals surface area (Å²) in [5.74, 6) is 1.29. The molecule has 1 fully saturated rings. The number of amides is 1. The molecule has 1 rings (SSSR count). The Balaban J connectivity index is 2.21. The first-order chi connectivity index (χ1) is 7.59. The second-order valence-electron chi connectivity index (χ2n) is 5.23. The molecule has 0 heterocycles. The summed E-state index contributed by atoms with van der Waals surface area (Å²) < 4.78 is 0. The van der Waals surface area contributed by atoms with Crippen LogP contribution < -0.4 is 5.32 Å². The molecule has 0 aromatic heterocycles. The molecule has 2 atom stereocenters. The molecular weight excluding hydrogens is 202 g/mol. The number of aliphatic hydroxyl groups is 1. The van der Waals surface area contributed by atoms with Crippen LogP contribution in [0.4, 0.5) is 0 Å². The summed E-state index contributed by atoms with van der Waals surface area (Å²) in [4.78, 5) is 11.6. The number of hydrogen-bond donors (Lipinski definition) is 2. The summed E-state index contributed by atoms with van der Waals surface area (Å²) in [6.45, 7) is 4.24. The molecule has 0 saturated heterocycles. The largest absolute Gasteiger partial charge is 0.392 e. The average molecular weight is 227 g/mol. The monoisotopic (exact) mass is 227 g/mol. The Hall–Kier alpha value is -0.570. The predicted octanol–water partition coefficient (Wildman–Crippen LogP) is 2.09. The lowest BCUT2D eigenvalue weighted by molar-refractivity contribution is -0.122. The lowest BCUT2D eigenvalue weighted by Crippen LogP contribution is -2.32. The smallest absolute Gasteiger partial charge is 0.220 e. The molecule has 1 aliphatic carbocycles. The molecule has 94 valence electrons. The van der Waals surface area contributed by atoms with Gasteiger partial charge in [-0.05, 0) is 18.8 Å². The van der Waals surface area contributed by atoms with E-state index in [0.717, 1.165) is 5.92 Å². The second-order valence-corrected chi connectivity index (χ2v) is 5.23. The third-order valence-corrected chi connectivity index (χ3v) is 3.56. The van der Waals surface area contributed by atoms with Crippen LogP contribution in [0.25, 0.3) is 0 Å². The van der Waals surface area contributed by atoms with Crippen molar-refractivity contribution in [3.8, 4) is 0 Å². The van der Waals surface area contributed by atoms with Gasteiger partial charge in [0.2, 0.25) is 5.91 Å². The average Bonchev–Trinajstić information content (AvgIpc) is 2.27. The van der Waals surface area contributed by atoms with Crippen molar-refractivity contribution in [3.63, 3.8) is 0 Å². The molecule has 0 bridgehead atoms. The van der Waals surface area contributed by atoms with Crippen LogP contribution in [0.1, 0.15) is 52.4 Å². The third-order valence-electron chi connectivity index (χ3n) is 3.56. The predicted molar refractivity (Wildman–Crippen MR) is 65.0 cm³/mol. The minimum absolute atomic E-state index is 0.0824. The molecule has 16 heavy (non-hydrogen) atoms. The van der Waals surface area contributed by atoms with Gasteiger partial charge in [-0.1, -0.05) is 39.0 Å². The maximum Gasteiger partial charge on any atom is 0.220 e. The Morgan fingerprint density at radius 3 is 2.50 bits per heavy atom. The number of rotatable bonds is 5.